The quantitative estimate of drug-likeness (QED) is 0.462. The van der Waals surface area contributed by atoms with E-state index in [-0.39, 0.29) is 17.8 Å². The highest BCUT2D eigenvalue weighted by Gasteiger charge is 2.09. The van der Waals surface area contributed by atoms with Gasteiger partial charge in [-0.1, -0.05) is 0 Å². The average Bonchev–Trinajstić information content (AvgIpc) is 2.90. The Morgan fingerprint density at radius 1 is 1.10 bits per heavy atom. The molecule has 2 aromatic heterocycles. The number of aliphatic hydroxyl groups is 1. The van der Waals surface area contributed by atoms with Gasteiger partial charge in [0.2, 0.25) is 0 Å². The second-order valence-corrected chi connectivity index (χ2v) is 4.44. The predicted molar refractivity (Wildman–Crippen MR) is 78.3 cm³/mol. The lowest BCUT2D eigenvalue weighted by molar-refractivity contribution is 0.311. The highest BCUT2D eigenvalue weighted by molar-refractivity contribution is 5.75. The fourth-order valence-corrected chi connectivity index (χ4v) is 2.02. The molecule has 1 aromatic carbocycles. The summed E-state index contributed by atoms with van der Waals surface area (Å²) in [6, 6.07) is 7.32. The molecule has 0 aliphatic rings. The molecule has 0 unspecified atom stereocenters. The molecular formula is C13H13N5O3. The zero-order valence-corrected chi connectivity index (χ0v) is 10.9. The van der Waals surface area contributed by atoms with Crippen LogP contribution in [0.3, 0.4) is 0 Å². The summed E-state index contributed by atoms with van der Waals surface area (Å²) in [5.74, 6) is 0.492. The summed E-state index contributed by atoms with van der Waals surface area (Å²) in [4.78, 5) is 34.5. The van der Waals surface area contributed by atoms with E-state index in [1.807, 2.05) is 24.3 Å². The van der Waals surface area contributed by atoms with Crippen molar-refractivity contribution in [1.82, 2.24) is 19.9 Å². The third kappa shape index (κ3) is 2.56. The summed E-state index contributed by atoms with van der Waals surface area (Å²) in [6.45, 7) is 0.530. The molecule has 3 aromatic rings. The van der Waals surface area contributed by atoms with Crippen LogP contribution < -0.4 is 16.6 Å². The summed E-state index contributed by atoms with van der Waals surface area (Å²) < 4.78 is 0. The van der Waals surface area contributed by atoms with Gasteiger partial charge in [-0.05, 0) is 24.3 Å². The van der Waals surface area contributed by atoms with Crippen LogP contribution in [0, 0.1) is 0 Å². The first-order valence-electron chi connectivity index (χ1n) is 6.35. The molecule has 5 N–H and O–H groups in total. The predicted octanol–water partition coefficient (Wildman–Crippen LogP) is 0.0107. The van der Waals surface area contributed by atoms with E-state index >= 15 is 0 Å². The van der Waals surface area contributed by atoms with Crippen LogP contribution in [-0.2, 0) is 0 Å². The lowest BCUT2D eigenvalue weighted by Gasteiger charge is -2.04. The molecule has 108 valence electrons. The van der Waals surface area contributed by atoms with E-state index in [2.05, 4.69) is 25.3 Å². The van der Waals surface area contributed by atoms with Gasteiger partial charge in [0.25, 0.3) is 5.56 Å². The van der Waals surface area contributed by atoms with E-state index in [4.69, 9.17) is 5.11 Å². The topological polar surface area (TPSA) is 127 Å². The van der Waals surface area contributed by atoms with Crippen LogP contribution in [0.15, 0.2) is 33.9 Å². The van der Waals surface area contributed by atoms with E-state index in [1.165, 1.54) is 0 Å². The van der Waals surface area contributed by atoms with Gasteiger partial charge < -0.3 is 15.4 Å². The molecule has 0 saturated carbocycles. The van der Waals surface area contributed by atoms with E-state index in [0.717, 1.165) is 11.3 Å². The molecule has 0 bridgehead atoms. The molecule has 0 saturated heterocycles. The molecule has 0 atom stereocenters. The maximum absolute atomic E-state index is 11.6. The summed E-state index contributed by atoms with van der Waals surface area (Å²) in [6.07, 6.45) is 0. The molecule has 3 rings (SSSR count). The minimum atomic E-state index is -0.589. The van der Waals surface area contributed by atoms with Crippen molar-refractivity contribution in [2.75, 3.05) is 18.5 Å². The Bertz CT molecular complexity index is 875. The number of nitrogens with one attached hydrogen (secondary N) is 4. The van der Waals surface area contributed by atoms with Crippen LogP contribution in [0.2, 0.25) is 0 Å². The molecule has 8 heteroatoms. The van der Waals surface area contributed by atoms with Crippen molar-refractivity contribution in [3.8, 4) is 11.4 Å². The van der Waals surface area contributed by atoms with Crippen molar-refractivity contribution >= 4 is 16.9 Å². The van der Waals surface area contributed by atoms with Crippen LogP contribution in [0.25, 0.3) is 22.6 Å². The number of nitrogens with zero attached hydrogens (tertiary/aromatic N) is 1. The number of hydrogen-bond acceptors (Lipinski definition) is 5. The molecular weight excluding hydrogens is 274 g/mol. The molecule has 0 fully saturated rings. The van der Waals surface area contributed by atoms with Gasteiger partial charge in [0, 0.05) is 17.8 Å². The molecule has 8 nitrogen and oxygen atoms in total. The number of H-pyrrole nitrogens is 3. The number of rotatable bonds is 4. The average molecular weight is 287 g/mol. The molecule has 0 radical (unpaired) electrons. The smallest absolute Gasteiger partial charge is 0.327 e. The molecule has 21 heavy (non-hydrogen) atoms. The lowest BCUT2D eigenvalue weighted by Crippen LogP contribution is -2.21. The molecule has 2 heterocycles. The van der Waals surface area contributed by atoms with Crippen molar-refractivity contribution in [2.24, 2.45) is 0 Å². The first-order valence-corrected chi connectivity index (χ1v) is 6.35. The second kappa shape index (κ2) is 5.25. The van der Waals surface area contributed by atoms with Gasteiger partial charge in [0.1, 0.15) is 11.3 Å². The van der Waals surface area contributed by atoms with Gasteiger partial charge in [0.05, 0.1) is 6.61 Å². The number of fused-ring (bicyclic) bond motifs is 1. The number of imidazole rings is 1. The highest BCUT2D eigenvalue weighted by atomic mass is 16.3. The Kier molecular flexibility index (Phi) is 3.28. The van der Waals surface area contributed by atoms with Crippen LogP contribution in [0.1, 0.15) is 0 Å². The zero-order valence-electron chi connectivity index (χ0n) is 10.9. The fraction of sp³-hybridized carbons (Fsp3) is 0.154. The Labute approximate surface area is 117 Å². The van der Waals surface area contributed by atoms with Crippen LogP contribution in [0.5, 0.6) is 0 Å². The number of anilines is 1. The Morgan fingerprint density at radius 3 is 2.57 bits per heavy atom. The number of aromatic amines is 3. The van der Waals surface area contributed by atoms with Crippen molar-refractivity contribution in [3.63, 3.8) is 0 Å². The van der Waals surface area contributed by atoms with Crippen LogP contribution in [0.4, 0.5) is 5.69 Å². The number of aromatic nitrogens is 4. The Morgan fingerprint density at radius 2 is 1.86 bits per heavy atom. The second-order valence-electron chi connectivity index (χ2n) is 4.44. The number of benzene rings is 1. The summed E-state index contributed by atoms with van der Waals surface area (Å²) >= 11 is 0. The molecule has 0 amide bonds. The zero-order chi connectivity index (χ0) is 14.8. The SMILES string of the molecule is O=c1[nH]c(=O)c2[nH]c(-c3ccc(NCCO)cc3)nc2[nH]1. The van der Waals surface area contributed by atoms with Gasteiger partial charge in [-0.25, -0.2) is 9.78 Å². The maximum Gasteiger partial charge on any atom is 0.327 e. The molecule has 0 aliphatic carbocycles. The third-order valence-electron chi connectivity index (χ3n) is 2.99. The van der Waals surface area contributed by atoms with Gasteiger partial charge in [-0.3, -0.25) is 14.8 Å². The summed E-state index contributed by atoms with van der Waals surface area (Å²) in [5, 5.41) is 11.8. The van der Waals surface area contributed by atoms with E-state index in [9.17, 15) is 9.59 Å². The monoisotopic (exact) mass is 287 g/mol. The normalized spacial score (nSPS) is 10.9. The highest BCUT2D eigenvalue weighted by Crippen LogP contribution is 2.19. The van der Waals surface area contributed by atoms with Crippen molar-refractivity contribution in [1.29, 1.82) is 0 Å². The van der Waals surface area contributed by atoms with Crippen molar-refractivity contribution in [2.45, 2.75) is 0 Å². The minimum Gasteiger partial charge on any atom is -0.395 e. The summed E-state index contributed by atoms with van der Waals surface area (Å²) in [5.41, 5.74) is 1.01. The van der Waals surface area contributed by atoms with Gasteiger partial charge >= 0.3 is 5.69 Å². The van der Waals surface area contributed by atoms with Gasteiger partial charge in [0.15, 0.2) is 5.65 Å². The van der Waals surface area contributed by atoms with Crippen LogP contribution >= 0.6 is 0 Å². The van der Waals surface area contributed by atoms with Crippen LogP contribution in [-0.4, -0.2) is 38.2 Å². The summed E-state index contributed by atoms with van der Waals surface area (Å²) in [7, 11) is 0. The van der Waals surface area contributed by atoms with E-state index in [1.54, 1.807) is 0 Å². The fourth-order valence-electron chi connectivity index (χ4n) is 2.02. The Hall–Kier alpha value is -2.87. The van der Waals surface area contributed by atoms with E-state index < -0.39 is 11.2 Å². The first kappa shape index (κ1) is 13.1. The van der Waals surface area contributed by atoms with Crippen molar-refractivity contribution in [3.05, 3.63) is 45.1 Å². The lowest BCUT2D eigenvalue weighted by atomic mass is 10.2. The maximum atomic E-state index is 11.6. The number of hydrogen-bond donors (Lipinski definition) is 5. The Balaban J connectivity index is 1.98. The standard InChI is InChI=1S/C13H13N5O3/c19-6-5-14-8-3-1-7(2-4-8)10-15-9-11(16-10)17-13(21)18-12(9)20/h1-4,14,19H,5-6H2,(H3,15,16,17,18,20,21). The van der Waals surface area contributed by atoms with E-state index in [0.29, 0.717) is 12.4 Å². The van der Waals surface area contributed by atoms with Gasteiger partial charge in [-0.15, -0.1) is 0 Å². The molecule has 0 aliphatic heterocycles. The third-order valence-corrected chi connectivity index (χ3v) is 2.99. The largest absolute Gasteiger partial charge is 0.395 e. The minimum absolute atomic E-state index is 0.0570. The first-order chi connectivity index (χ1) is 10.2. The van der Waals surface area contributed by atoms with Crippen molar-refractivity contribution < 1.29 is 5.11 Å². The van der Waals surface area contributed by atoms with Gasteiger partial charge in [-0.2, -0.15) is 0 Å². The number of aliphatic hydroxyl groups excluding tert-OH is 1. The molecule has 0 spiro atoms.